The summed E-state index contributed by atoms with van der Waals surface area (Å²) in [5.41, 5.74) is 2.14. The number of Topliss-reactive ketones (excluding diaryl/α,β-unsaturated/α-hetero) is 2. The minimum Gasteiger partial charge on any atom is -0.492 e. The summed E-state index contributed by atoms with van der Waals surface area (Å²) in [6.45, 7) is 2.56. The van der Waals surface area contributed by atoms with Gasteiger partial charge in [-0.05, 0) is 32.0 Å². The molecule has 2 aliphatic rings. The predicted octanol–water partition coefficient (Wildman–Crippen LogP) is 2.28. The lowest BCUT2D eigenvalue weighted by Gasteiger charge is -2.35. The van der Waals surface area contributed by atoms with Crippen LogP contribution in [0.3, 0.4) is 0 Å². The van der Waals surface area contributed by atoms with Crippen LogP contribution in [0.1, 0.15) is 43.4 Å². The second-order valence-corrected chi connectivity index (χ2v) is 6.41. The molecule has 0 aromatic heterocycles. The van der Waals surface area contributed by atoms with E-state index in [1.165, 1.54) is 6.92 Å². The molecule has 0 radical (unpaired) electrons. The molecule has 0 bridgehead atoms. The number of ether oxygens (including phenoxy) is 3. The van der Waals surface area contributed by atoms with E-state index in [9.17, 15) is 9.59 Å². The van der Waals surface area contributed by atoms with Gasteiger partial charge in [0.1, 0.15) is 11.6 Å². The SMILES string of the molecule is COc1c2c(cc3c1[C@@H](CC(=O)CCC(C)=O)N(C)CC3)OCO2. The highest BCUT2D eigenvalue weighted by Crippen LogP contribution is 2.50. The fourth-order valence-electron chi connectivity index (χ4n) is 3.42. The van der Waals surface area contributed by atoms with Crippen molar-refractivity contribution in [2.45, 2.75) is 38.6 Å². The first kappa shape index (κ1) is 16.8. The number of nitrogens with zero attached hydrogens (tertiary/aromatic N) is 1. The van der Waals surface area contributed by atoms with Gasteiger partial charge in [-0.1, -0.05) is 0 Å². The highest BCUT2D eigenvalue weighted by Gasteiger charge is 2.34. The van der Waals surface area contributed by atoms with Crippen molar-refractivity contribution in [3.63, 3.8) is 0 Å². The summed E-state index contributed by atoms with van der Waals surface area (Å²) in [5.74, 6) is 2.12. The Kier molecular flexibility index (Phi) is 4.76. The molecule has 1 atom stereocenters. The molecule has 0 fully saturated rings. The number of likely N-dealkylation sites (N-methyl/N-ethyl adjacent to an activating group) is 1. The summed E-state index contributed by atoms with van der Waals surface area (Å²) in [7, 11) is 3.62. The van der Waals surface area contributed by atoms with Gasteiger partial charge in [0.2, 0.25) is 12.5 Å². The summed E-state index contributed by atoms with van der Waals surface area (Å²) >= 11 is 0. The molecular formula is C18H23NO5. The van der Waals surface area contributed by atoms with Gasteiger partial charge in [-0.15, -0.1) is 0 Å². The summed E-state index contributed by atoms with van der Waals surface area (Å²) in [5, 5.41) is 0. The normalized spacial score (nSPS) is 19.0. The Labute approximate surface area is 141 Å². The maximum Gasteiger partial charge on any atom is 0.231 e. The highest BCUT2D eigenvalue weighted by atomic mass is 16.7. The molecule has 0 spiro atoms. The predicted molar refractivity (Wildman–Crippen MR) is 87.7 cm³/mol. The van der Waals surface area contributed by atoms with Gasteiger partial charge in [0, 0.05) is 37.4 Å². The van der Waals surface area contributed by atoms with E-state index in [0.717, 1.165) is 24.1 Å². The number of hydrogen-bond acceptors (Lipinski definition) is 6. The fraction of sp³-hybridized carbons (Fsp3) is 0.556. The summed E-state index contributed by atoms with van der Waals surface area (Å²) in [6, 6.07) is 1.93. The van der Waals surface area contributed by atoms with Crippen LogP contribution in [0.2, 0.25) is 0 Å². The molecule has 24 heavy (non-hydrogen) atoms. The highest BCUT2D eigenvalue weighted by molar-refractivity contribution is 5.85. The molecule has 0 amide bonds. The smallest absolute Gasteiger partial charge is 0.231 e. The monoisotopic (exact) mass is 333 g/mol. The number of fused-ring (bicyclic) bond motifs is 2. The molecule has 0 aliphatic carbocycles. The fourth-order valence-corrected chi connectivity index (χ4v) is 3.42. The molecule has 0 N–H and O–H groups in total. The number of carbonyl (C=O) groups excluding carboxylic acids is 2. The van der Waals surface area contributed by atoms with Crippen LogP contribution in [0.5, 0.6) is 17.2 Å². The van der Waals surface area contributed by atoms with Gasteiger partial charge in [0.25, 0.3) is 0 Å². The quantitative estimate of drug-likeness (QED) is 0.796. The Morgan fingerprint density at radius 3 is 2.83 bits per heavy atom. The minimum absolute atomic E-state index is 0.0432. The average Bonchev–Trinajstić information content (AvgIpc) is 3.01. The molecule has 0 saturated carbocycles. The van der Waals surface area contributed by atoms with Crippen molar-refractivity contribution in [1.29, 1.82) is 0 Å². The average molecular weight is 333 g/mol. The maximum atomic E-state index is 12.3. The number of hydrogen-bond donors (Lipinski definition) is 0. The number of methoxy groups -OCH3 is 1. The molecule has 1 aromatic carbocycles. The Morgan fingerprint density at radius 1 is 1.33 bits per heavy atom. The zero-order chi connectivity index (χ0) is 17.3. The maximum absolute atomic E-state index is 12.3. The van der Waals surface area contributed by atoms with Gasteiger partial charge in [-0.25, -0.2) is 0 Å². The van der Waals surface area contributed by atoms with Crippen molar-refractivity contribution in [3.05, 3.63) is 17.2 Å². The largest absolute Gasteiger partial charge is 0.492 e. The molecule has 130 valence electrons. The van der Waals surface area contributed by atoms with Gasteiger partial charge in [-0.2, -0.15) is 0 Å². The molecular weight excluding hydrogens is 310 g/mol. The van der Waals surface area contributed by atoms with Crippen LogP contribution < -0.4 is 14.2 Å². The lowest BCUT2D eigenvalue weighted by atomic mass is 9.88. The van der Waals surface area contributed by atoms with Gasteiger partial charge < -0.3 is 19.0 Å². The Bertz CT molecular complexity index is 670. The van der Waals surface area contributed by atoms with E-state index in [-0.39, 0.29) is 24.4 Å². The van der Waals surface area contributed by atoms with E-state index in [4.69, 9.17) is 14.2 Å². The standard InChI is InChI=1S/C18H23NO5/c1-11(20)4-5-13(21)9-14-16-12(6-7-19(14)2)8-15-17(18(16)22-3)24-10-23-15/h8,14H,4-7,9-10H2,1-3H3/t14-/m1/s1. The Morgan fingerprint density at radius 2 is 2.12 bits per heavy atom. The van der Waals surface area contributed by atoms with Crippen molar-refractivity contribution < 1.29 is 23.8 Å². The Hall–Kier alpha value is -2.08. The van der Waals surface area contributed by atoms with Gasteiger partial charge in [0.15, 0.2) is 11.5 Å². The first-order valence-electron chi connectivity index (χ1n) is 8.22. The third kappa shape index (κ3) is 3.11. The van der Waals surface area contributed by atoms with Crippen molar-refractivity contribution in [3.8, 4) is 17.2 Å². The number of ketones is 2. The van der Waals surface area contributed by atoms with Crippen molar-refractivity contribution in [2.24, 2.45) is 0 Å². The van der Waals surface area contributed by atoms with E-state index in [0.29, 0.717) is 36.5 Å². The first-order chi connectivity index (χ1) is 11.5. The summed E-state index contributed by atoms with van der Waals surface area (Å²) in [6.07, 6.45) is 1.84. The molecule has 6 heteroatoms. The first-order valence-corrected chi connectivity index (χ1v) is 8.22. The van der Waals surface area contributed by atoms with E-state index in [1.807, 2.05) is 13.1 Å². The van der Waals surface area contributed by atoms with Crippen LogP contribution in [0, 0.1) is 0 Å². The van der Waals surface area contributed by atoms with Crippen LogP contribution in [0.25, 0.3) is 0 Å². The topological polar surface area (TPSA) is 65.1 Å². The van der Waals surface area contributed by atoms with Gasteiger partial charge in [0.05, 0.1) is 7.11 Å². The molecule has 0 saturated heterocycles. The van der Waals surface area contributed by atoms with Crippen molar-refractivity contribution in [1.82, 2.24) is 4.90 Å². The Balaban J connectivity index is 1.92. The number of carbonyl (C=O) groups is 2. The third-order valence-electron chi connectivity index (χ3n) is 4.72. The van der Waals surface area contributed by atoms with E-state index < -0.39 is 0 Å². The minimum atomic E-state index is -0.0716. The molecule has 3 rings (SSSR count). The summed E-state index contributed by atoms with van der Waals surface area (Å²) < 4.78 is 16.7. The van der Waals surface area contributed by atoms with Crippen molar-refractivity contribution >= 4 is 11.6 Å². The van der Waals surface area contributed by atoms with Crippen LogP contribution in [-0.4, -0.2) is 44.0 Å². The lowest BCUT2D eigenvalue weighted by Crippen LogP contribution is -2.34. The molecule has 0 unspecified atom stereocenters. The number of rotatable bonds is 6. The zero-order valence-corrected chi connectivity index (χ0v) is 14.4. The summed E-state index contributed by atoms with van der Waals surface area (Å²) in [4.78, 5) is 25.6. The van der Waals surface area contributed by atoms with Crippen LogP contribution in [0.4, 0.5) is 0 Å². The van der Waals surface area contributed by atoms with E-state index >= 15 is 0 Å². The molecule has 2 aliphatic heterocycles. The van der Waals surface area contributed by atoms with Gasteiger partial charge in [-0.3, -0.25) is 9.69 Å². The van der Waals surface area contributed by atoms with Crippen molar-refractivity contribution in [2.75, 3.05) is 27.5 Å². The molecule has 1 aromatic rings. The van der Waals surface area contributed by atoms with Crippen LogP contribution >= 0.6 is 0 Å². The van der Waals surface area contributed by atoms with E-state index in [1.54, 1.807) is 7.11 Å². The number of benzene rings is 1. The van der Waals surface area contributed by atoms with E-state index in [2.05, 4.69) is 4.90 Å². The second-order valence-electron chi connectivity index (χ2n) is 6.41. The third-order valence-corrected chi connectivity index (χ3v) is 4.72. The second kappa shape index (κ2) is 6.81. The lowest BCUT2D eigenvalue weighted by molar-refractivity contribution is -0.124. The van der Waals surface area contributed by atoms with Gasteiger partial charge >= 0.3 is 0 Å². The van der Waals surface area contributed by atoms with Crippen LogP contribution in [0.15, 0.2) is 6.07 Å². The van der Waals surface area contributed by atoms with Crippen LogP contribution in [-0.2, 0) is 16.0 Å². The molecule has 2 heterocycles. The molecule has 6 nitrogen and oxygen atoms in total. The zero-order valence-electron chi connectivity index (χ0n) is 14.4.